The van der Waals surface area contributed by atoms with E-state index in [-0.39, 0.29) is 11.2 Å². The quantitative estimate of drug-likeness (QED) is 0.516. The van der Waals surface area contributed by atoms with Crippen LogP contribution in [0.1, 0.15) is 19.8 Å². The van der Waals surface area contributed by atoms with Gasteiger partial charge in [-0.25, -0.2) is 0 Å². The van der Waals surface area contributed by atoms with Crippen molar-refractivity contribution in [2.75, 3.05) is 5.32 Å². The van der Waals surface area contributed by atoms with Crippen molar-refractivity contribution in [2.24, 2.45) is 0 Å². The largest absolute Gasteiger partial charge is 0.457 e. The lowest BCUT2D eigenvalue weighted by Gasteiger charge is -2.08. The Kier molecular flexibility index (Phi) is 5.78. The fraction of sp³-hybridized carbons (Fsp3) is 0.250. The maximum Gasteiger partial charge on any atom is 0.233 e. The standard InChI is InChI=1S/C20H20N4O2S2/c1-13(18(25)21-14-7-8-14)27-20-24-23-19(28-20)22-15-9-11-17(12-10-15)26-16-5-3-2-4-6-16/h2-6,9-14H,7-8H2,1H3,(H,21,25)(H,22,23)/t13-/m0/s1. The first-order valence-electron chi connectivity index (χ1n) is 9.06. The van der Waals surface area contributed by atoms with Gasteiger partial charge in [0.15, 0.2) is 4.34 Å². The minimum absolute atomic E-state index is 0.0613. The predicted octanol–water partition coefficient (Wildman–Crippen LogP) is 4.83. The second-order valence-electron chi connectivity index (χ2n) is 6.48. The molecule has 4 rings (SSSR count). The van der Waals surface area contributed by atoms with Gasteiger partial charge in [-0.05, 0) is 56.2 Å². The number of aromatic nitrogens is 2. The van der Waals surface area contributed by atoms with Crippen LogP contribution >= 0.6 is 23.1 Å². The van der Waals surface area contributed by atoms with Gasteiger partial charge < -0.3 is 15.4 Å². The van der Waals surface area contributed by atoms with Crippen molar-refractivity contribution in [3.8, 4) is 11.5 Å². The first-order valence-corrected chi connectivity index (χ1v) is 10.8. The van der Waals surface area contributed by atoms with Crippen LogP contribution in [0.2, 0.25) is 0 Å². The third kappa shape index (κ3) is 5.24. The number of benzene rings is 2. The van der Waals surface area contributed by atoms with Crippen LogP contribution in [0.25, 0.3) is 0 Å². The summed E-state index contributed by atoms with van der Waals surface area (Å²) in [7, 11) is 0. The molecule has 1 fully saturated rings. The molecule has 0 unspecified atom stereocenters. The highest BCUT2D eigenvalue weighted by molar-refractivity contribution is 8.02. The van der Waals surface area contributed by atoms with E-state index in [1.165, 1.54) is 23.1 Å². The molecule has 2 aromatic carbocycles. The summed E-state index contributed by atoms with van der Waals surface area (Å²) in [5.41, 5.74) is 0.896. The normalized spacial score (nSPS) is 14.3. The van der Waals surface area contributed by atoms with E-state index in [1.54, 1.807) is 0 Å². The smallest absolute Gasteiger partial charge is 0.233 e. The molecule has 0 bridgehead atoms. The summed E-state index contributed by atoms with van der Waals surface area (Å²) in [4.78, 5) is 12.1. The fourth-order valence-corrected chi connectivity index (χ4v) is 4.34. The zero-order valence-corrected chi connectivity index (χ0v) is 16.9. The number of carbonyl (C=O) groups is 1. The van der Waals surface area contributed by atoms with Crippen LogP contribution in [0.15, 0.2) is 58.9 Å². The maximum absolute atomic E-state index is 12.1. The van der Waals surface area contributed by atoms with E-state index in [9.17, 15) is 4.79 Å². The third-order valence-corrected chi connectivity index (χ3v) is 6.08. The molecule has 8 heteroatoms. The second kappa shape index (κ2) is 8.62. The third-order valence-electron chi connectivity index (χ3n) is 4.06. The molecule has 1 heterocycles. The van der Waals surface area contributed by atoms with Crippen molar-refractivity contribution in [3.05, 3.63) is 54.6 Å². The Labute approximate surface area is 171 Å². The average Bonchev–Trinajstić information content (AvgIpc) is 3.42. The number of hydrogen-bond acceptors (Lipinski definition) is 7. The van der Waals surface area contributed by atoms with Crippen LogP contribution in [0.3, 0.4) is 0 Å². The molecule has 0 radical (unpaired) electrons. The van der Waals surface area contributed by atoms with E-state index in [0.717, 1.165) is 34.4 Å². The topological polar surface area (TPSA) is 76.1 Å². The highest BCUT2D eigenvalue weighted by Crippen LogP contribution is 2.31. The first kappa shape index (κ1) is 18.8. The average molecular weight is 413 g/mol. The van der Waals surface area contributed by atoms with Gasteiger partial charge in [-0.15, -0.1) is 10.2 Å². The Morgan fingerprint density at radius 2 is 1.82 bits per heavy atom. The number of nitrogens with one attached hydrogen (secondary N) is 2. The summed E-state index contributed by atoms with van der Waals surface area (Å²) in [6, 6.07) is 17.7. The van der Waals surface area contributed by atoms with E-state index < -0.39 is 0 Å². The van der Waals surface area contributed by atoms with Crippen molar-refractivity contribution in [1.29, 1.82) is 0 Å². The van der Waals surface area contributed by atoms with Crippen LogP contribution in [0, 0.1) is 0 Å². The fourth-order valence-electron chi connectivity index (χ4n) is 2.41. The van der Waals surface area contributed by atoms with Crippen molar-refractivity contribution in [3.63, 3.8) is 0 Å². The van der Waals surface area contributed by atoms with Gasteiger partial charge in [0.2, 0.25) is 11.0 Å². The summed E-state index contributed by atoms with van der Waals surface area (Å²) in [5, 5.41) is 15.1. The van der Waals surface area contributed by atoms with Crippen LogP contribution in [-0.2, 0) is 4.79 Å². The second-order valence-corrected chi connectivity index (χ2v) is 9.05. The Bertz CT molecular complexity index is 927. The van der Waals surface area contributed by atoms with Crippen LogP contribution < -0.4 is 15.4 Å². The number of para-hydroxylation sites is 1. The lowest BCUT2D eigenvalue weighted by Crippen LogP contribution is -2.32. The molecule has 6 nitrogen and oxygen atoms in total. The summed E-state index contributed by atoms with van der Waals surface area (Å²) < 4.78 is 6.56. The van der Waals surface area contributed by atoms with Crippen LogP contribution in [0.4, 0.5) is 10.8 Å². The van der Waals surface area contributed by atoms with Gasteiger partial charge in [-0.3, -0.25) is 4.79 Å². The zero-order valence-electron chi connectivity index (χ0n) is 15.3. The molecule has 144 valence electrons. The summed E-state index contributed by atoms with van der Waals surface area (Å²) in [6.45, 7) is 1.89. The first-order chi connectivity index (χ1) is 13.7. The van der Waals surface area contributed by atoms with Gasteiger partial charge in [0, 0.05) is 11.7 Å². The van der Waals surface area contributed by atoms with E-state index in [0.29, 0.717) is 11.2 Å². The van der Waals surface area contributed by atoms with Gasteiger partial charge in [0.1, 0.15) is 11.5 Å². The van der Waals surface area contributed by atoms with Gasteiger partial charge in [-0.2, -0.15) is 0 Å². The van der Waals surface area contributed by atoms with E-state index in [2.05, 4.69) is 20.8 Å². The molecule has 0 aliphatic heterocycles. The number of amides is 1. The number of carbonyl (C=O) groups excluding carboxylic acids is 1. The summed E-state index contributed by atoms with van der Waals surface area (Å²) in [5.74, 6) is 1.63. The zero-order chi connectivity index (χ0) is 19.3. The van der Waals surface area contributed by atoms with E-state index in [1.807, 2.05) is 61.5 Å². The molecule has 0 spiro atoms. The molecule has 2 N–H and O–H groups in total. The molecule has 0 saturated heterocycles. The molecule has 1 amide bonds. The van der Waals surface area contributed by atoms with Crippen molar-refractivity contribution in [2.45, 2.75) is 35.4 Å². The Balaban J connectivity index is 1.31. The minimum atomic E-state index is -0.184. The Morgan fingerprint density at radius 1 is 1.11 bits per heavy atom. The van der Waals surface area contributed by atoms with E-state index >= 15 is 0 Å². The monoisotopic (exact) mass is 412 g/mol. The van der Waals surface area contributed by atoms with E-state index in [4.69, 9.17) is 4.74 Å². The maximum atomic E-state index is 12.1. The number of thioether (sulfide) groups is 1. The van der Waals surface area contributed by atoms with Gasteiger partial charge in [0.25, 0.3) is 0 Å². The van der Waals surface area contributed by atoms with Gasteiger partial charge >= 0.3 is 0 Å². The lowest BCUT2D eigenvalue weighted by atomic mass is 10.3. The van der Waals surface area contributed by atoms with Crippen LogP contribution in [-0.4, -0.2) is 27.4 Å². The summed E-state index contributed by atoms with van der Waals surface area (Å²) in [6.07, 6.45) is 2.18. The molecule has 1 aromatic heterocycles. The molecule has 3 aromatic rings. The lowest BCUT2D eigenvalue weighted by molar-refractivity contribution is -0.120. The van der Waals surface area contributed by atoms with Crippen molar-refractivity contribution < 1.29 is 9.53 Å². The number of hydrogen-bond donors (Lipinski definition) is 2. The minimum Gasteiger partial charge on any atom is -0.457 e. The van der Waals surface area contributed by atoms with Crippen molar-refractivity contribution in [1.82, 2.24) is 15.5 Å². The Morgan fingerprint density at radius 3 is 2.54 bits per heavy atom. The molecule has 1 atom stereocenters. The number of rotatable bonds is 8. The molecule has 28 heavy (non-hydrogen) atoms. The molecular weight excluding hydrogens is 392 g/mol. The van der Waals surface area contributed by atoms with Crippen LogP contribution in [0.5, 0.6) is 11.5 Å². The molecular formula is C20H20N4O2S2. The van der Waals surface area contributed by atoms with Gasteiger partial charge in [0.05, 0.1) is 5.25 Å². The highest BCUT2D eigenvalue weighted by atomic mass is 32.2. The number of nitrogens with zero attached hydrogens (tertiary/aromatic N) is 2. The van der Waals surface area contributed by atoms with Crippen molar-refractivity contribution >= 4 is 39.8 Å². The molecule has 1 aliphatic carbocycles. The summed E-state index contributed by atoms with van der Waals surface area (Å²) >= 11 is 2.86. The molecule has 1 aliphatic rings. The van der Waals surface area contributed by atoms with Gasteiger partial charge in [-0.1, -0.05) is 41.3 Å². The molecule has 1 saturated carbocycles. The number of anilines is 2. The predicted molar refractivity (Wildman–Crippen MR) is 113 cm³/mol. The SMILES string of the molecule is C[C@H](Sc1nnc(Nc2ccc(Oc3ccccc3)cc2)s1)C(=O)NC1CC1. The number of ether oxygens (including phenoxy) is 1. The Hall–Kier alpha value is -2.58. The highest BCUT2D eigenvalue weighted by Gasteiger charge is 2.26.